The molecule has 1 aromatic carbocycles. The van der Waals surface area contributed by atoms with Crippen molar-refractivity contribution in [2.75, 3.05) is 5.32 Å². The molecule has 1 atom stereocenters. The highest BCUT2D eigenvalue weighted by Gasteiger charge is 2.21. The first kappa shape index (κ1) is 13.5. The van der Waals surface area contributed by atoms with E-state index in [4.69, 9.17) is 0 Å². The van der Waals surface area contributed by atoms with Gasteiger partial charge in [0.15, 0.2) is 6.04 Å². The molecule has 0 fully saturated rings. The number of carboxylic acid groups (broad SMARTS) is 1. The Balaban J connectivity index is 2.06. The molecule has 0 radical (unpaired) electrons. The maximum atomic E-state index is 11.8. The Bertz CT molecular complexity index is 589. The summed E-state index contributed by atoms with van der Waals surface area (Å²) in [4.78, 5) is 30.5. The van der Waals surface area contributed by atoms with Crippen LogP contribution in [-0.4, -0.2) is 27.1 Å². The van der Waals surface area contributed by atoms with E-state index in [1.54, 1.807) is 30.3 Å². The summed E-state index contributed by atoms with van der Waals surface area (Å²) >= 11 is 0. The number of rotatable bonds is 4. The molecule has 2 rings (SSSR count). The zero-order chi connectivity index (χ0) is 14.4. The number of carbonyl (C=O) groups excluding carboxylic acids is 1. The highest BCUT2D eigenvalue weighted by Crippen LogP contribution is 2.13. The van der Waals surface area contributed by atoms with Crippen LogP contribution in [-0.2, 0) is 4.79 Å². The molecule has 102 valence electrons. The zero-order valence-corrected chi connectivity index (χ0v) is 10.4. The average Bonchev–Trinajstić information content (AvgIpc) is 2.46. The fraction of sp³-hybridized carbons (Fsp3) is 0.0769. The van der Waals surface area contributed by atoms with E-state index in [0.29, 0.717) is 11.3 Å². The van der Waals surface area contributed by atoms with Crippen molar-refractivity contribution in [3.8, 4) is 0 Å². The first-order valence-corrected chi connectivity index (χ1v) is 5.77. The lowest BCUT2D eigenvalue weighted by atomic mass is 10.1. The van der Waals surface area contributed by atoms with E-state index in [9.17, 15) is 14.7 Å². The second-order valence-electron chi connectivity index (χ2n) is 3.91. The molecule has 7 nitrogen and oxygen atoms in total. The van der Waals surface area contributed by atoms with Crippen LogP contribution >= 0.6 is 0 Å². The molecule has 2 aromatic rings. The fourth-order valence-electron chi connectivity index (χ4n) is 1.60. The lowest BCUT2D eigenvalue weighted by Crippen LogP contribution is -2.36. The number of urea groups is 1. The lowest BCUT2D eigenvalue weighted by Gasteiger charge is -2.15. The zero-order valence-electron chi connectivity index (χ0n) is 10.4. The lowest BCUT2D eigenvalue weighted by molar-refractivity contribution is -0.139. The Kier molecular flexibility index (Phi) is 4.23. The Hall–Kier alpha value is -2.96. The Morgan fingerprint density at radius 1 is 1.10 bits per heavy atom. The summed E-state index contributed by atoms with van der Waals surface area (Å²) in [5, 5.41) is 14.0. The molecule has 0 saturated heterocycles. The van der Waals surface area contributed by atoms with Gasteiger partial charge >= 0.3 is 12.0 Å². The second-order valence-corrected chi connectivity index (χ2v) is 3.91. The van der Waals surface area contributed by atoms with Crippen molar-refractivity contribution in [3.05, 3.63) is 54.6 Å². The van der Waals surface area contributed by atoms with E-state index in [1.165, 1.54) is 18.7 Å². The van der Waals surface area contributed by atoms with E-state index in [2.05, 4.69) is 20.6 Å². The number of nitrogens with zero attached hydrogens (tertiary/aromatic N) is 2. The van der Waals surface area contributed by atoms with E-state index < -0.39 is 18.0 Å². The standard InChI is InChI=1S/C13H12N4O3/c18-12(19)11(9-4-2-1-3-5-9)17-13(20)16-10-6-14-8-15-7-10/h1-8,11H,(H,18,19)(H2,16,17,20). The summed E-state index contributed by atoms with van der Waals surface area (Å²) in [6.07, 6.45) is 4.14. The van der Waals surface area contributed by atoms with Gasteiger partial charge in [-0.2, -0.15) is 0 Å². The molecule has 0 aliphatic rings. The molecule has 0 saturated carbocycles. The first-order chi connectivity index (χ1) is 9.66. The molecule has 1 heterocycles. The number of aliphatic carboxylic acids is 1. The summed E-state index contributed by atoms with van der Waals surface area (Å²) in [6, 6.07) is 6.67. The van der Waals surface area contributed by atoms with Crippen molar-refractivity contribution in [2.45, 2.75) is 6.04 Å². The van der Waals surface area contributed by atoms with Gasteiger partial charge in [-0.15, -0.1) is 0 Å². The molecule has 2 amide bonds. The largest absolute Gasteiger partial charge is 0.479 e. The normalized spacial score (nSPS) is 11.4. The number of carbonyl (C=O) groups is 2. The molecule has 1 aromatic heterocycles. The maximum Gasteiger partial charge on any atom is 0.330 e. The van der Waals surface area contributed by atoms with Crippen molar-refractivity contribution in [3.63, 3.8) is 0 Å². The monoisotopic (exact) mass is 272 g/mol. The summed E-state index contributed by atoms with van der Waals surface area (Å²) in [5.74, 6) is -1.14. The van der Waals surface area contributed by atoms with Gasteiger partial charge in [0.1, 0.15) is 6.33 Å². The van der Waals surface area contributed by atoms with E-state index in [-0.39, 0.29) is 0 Å². The number of nitrogens with one attached hydrogen (secondary N) is 2. The number of benzene rings is 1. The summed E-state index contributed by atoms with van der Waals surface area (Å²) < 4.78 is 0. The van der Waals surface area contributed by atoms with Crippen LogP contribution < -0.4 is 10.6 Å². The quantitative estimate of drug-likeness (QED) is 0.780. The summed E-state index contributed by atoms with van der Waals surface area (Å²) in [6.45, 7) is 0. The maximum absolute atomic E-state index is 11.8. The minimum Gasteiger partial charge on any atom is -0.479 e. The van der Waals surface area contributed by atoms with Gasteiger partial charge in [0.2, 0.25) is 0 Å². The van der Waals surface area contributed by atoms with Gasteiger partial charge in [0, 0.05) is 0 Å². The van der Waals surface area contributed by atoms with Crippen molar-refractivity contribution in [1.82, 2.24) is 15.3 Å². The van der Waals surface area contributed by atoms with Gasteiger partial charge in [-0.3, -0.25) is 0 Å². The SMILES string of the molecule is O=C(Nc1cncnc1)NC(C(=O)O)c1ccccc1. The third kappa shape index (κ3) is 3.52. The Morgan fingerprint density at radius 3 is 2.35 bits per heavy atom. The van der Waals surface area contributed by atoms with Gasteiger partial charge in [-0.05, 0) is 5.56 Å². The minimum absolute atomic E-state index is 0.377. The van der Waals surface area contributed by atoms with Crippen LogP contribution in [0.5, 0.6) is 0 Å². The topological polar surface area (TPSA) is 104 Å². The number of carboxylic acids is 1. The van der Waals surface area contributed by atoms with Gasteiger partial charge in [0.25, 0.3) is 0 Å². The van der Waals surface area contributed by atoms with Crippen LogP contribution in [0.4, 0.5) is 10.5 Å². The van der Waals surface area contributed by atoms with Gasteiger partial charge in [-0.1, -0.05) is 30.3 Å². The second kappa shape index (κ2) is 6.28. The van der Waals surface area contributed by atoms with Crippen molar-refractivity contribution in [1.29, 1.82) is 0 Å². The van der Waals surface area contributed by atoms with E-state index in [0.717, 1.165) is 0 Å². The van der Waals surface area contributed by atoms with Crippen molar-refractivity contribution in [2.24, 2.45) is 0 Å². The smallest absolute Gasteiger partial charge is 0.330 e. The third-order valence-corrected chi connectivity index (χ3v) is 2.47. The highest BCUT2D eigenvalue weighted by atomic mass is 16.4. The third-order valence-electron chi connectivity index (χ3n) is 2.47. The number of aromatic nitrogens is 2. The summed E-state index contributed by atoms with van der Waals surface area (Å²) in [5.41, 5.74) is 0.863. The van der Waals surface area contributed by atoms with E-state index >= 15 is 0 Å². The molecule has 3 N–H and O–H groups in total. The molecule has 0 aliphatic heterocycles. The van der Waals surface area contributed by atoms with Crippen LogP contribution in [0.3, 0.4) is 0 Å². The van der Waals surface area contributed by atoms with Gasteiger partial charge in [0.05, 0.1) is 18.1 Å². The van der Waals surface area contributed by atoms with Crippen LogP contribution in [0.25, 0.3) is 0 Å². The molecule has 0 spiro atoms. The molecule has 0 bridgehead atoms. The average molecular weight is 272 g/mol. The van der Waals surface area contributed by atoms with E-state index in [1.807, 2.05) is 0 Å². The Labute approximate surface area is 114 Å². The number of hydrogen-bond acceptors (Lipinski definition) is 4. The Morgan fingerprint density at radius 2 is 1.75 bits per heavy atom. The molecule has 1 unspecified atom stereocenters. The fourth-order valence-corrected chi connectivity index (χ4v) is 1.60. The van der Waals surface area contributed by atoms with Crippen LogP contribution in [0, 0.1) is 0 Å². The highest BCUT2D eigenvalue weighted by molar-refractivity contribution is 5.92. The van der Waals surface area contributed by atoms with Crippen molar-refractivity contribution < 1.29 is 14.7 Å². The number of hydrogen-bond donors (Lipinski definition) is 3. The molecule has 20 heavy (non-hydrogen) atoms. The predicted molar refractivity (Wildman–Crippen MR) is 71.0 cm³/mol. The van der Waals surface area contributed by atoms with Crippen LogP contribution in [0.2, 0.25) is 0 Å². The minimum atomic E-state index is -1.14. The first-order valence-electron chi connectivity index (χ1n) is 5.77. The van der Waals surface area contributed by atoms with Gasteiger partial charge < -0.3 is 15.7 Å². The summed E-state index contributed by atoms with van der Waals surface area (Å²) in [7, 11) is 0. The molecular weight excluding hydrogens is 260 g/mol. The molecule has 0 aliphatic carbocycles. The van der Waals surface area contributed by atoms with Crippen LogP contribution in [0.15, 0.2) is 49.1 Å². The molecular formula is C13H12N4O3. The number of amides is 2. The van der Waals surface area contributed by atoms with Crippen molar-refractivity contribution >= 4 is 17.7 Å². The predicted octanol–water partition coefficient (Wildman–Crippen LogP) is 1.42. The van der Waals surface area contributed by atoms with Crippen LogP contribution in [0.1, 0.15) is 11.6 Å². The molecule has 7 heteroatoms. The van der Waals surface area contributed by atoms with Gasteiger partial charge in [-0.25, -0.2) is 19.6 Å². The number of anilines is 1.